The van der Waals surface area contributed by atoms with Crippen molar-refractivity contribution in [3.63, 3.8) is 0 Å². The molecule has 5 nitrogen and oxygen atoms in total. The maximum atomic E-state index is 13.3. The average molecular weight is 410 g/mol. The number of amides is 1. The number of fused-ring (bicyclic) bond motifs is 3. The lowest BCUT2D eigenvalue weighted by molar-refractivity contribution is 0.0513. The Kier molecular flexibility index (Phi) is 4.79. The Labute approximate surface area is 180 Å². The number of carbonyl (C=O) groups excluding carboxylic acids is 2. The first-order valence-corrected chi connectivity index (χ1v) is 10.3. The Morgan fingerprint density at radius 3 is 2.23 bits per heavy atom. The van der Waals surface area contributed by atoms with E-state index >= 15 is 0 Å². The van der Waals surface area contributed by atoms with E-state index in [0.29, 0.717) is 24.6 Å². The summed E-state index contributed by atoms with van der Waals surface area (Å²) in [6.07, 6.45) is 0. The van der Waals surface area contributed by atoms with Gasteiger partial charge in [-0.2, -0.15) is 0 Å². The van der Waals surface area contributed by atoms with Crippen LogP contribution in [0.25, 0.3) is 10.9 Å². The van der Waals surface area contributed by atoms with E-state index in [0.717, 1.165) is 22.0 Å². The summed E-state index contributed by atoms with van der Waals surface area (Å²) in [6.45, 7) is 2.65. The van der Waals surface area contributed by atoms with Crippen LogP contribution in [-0.2, 0) is 13.2 Å². The van der Waals surface area contributed by atoms with Gasteiger partial charge < -0.3 is 9.64 Å². The highest BCUT2D eigenvalue weighted by Crippen LogP contribution is 2.30. The van der Waals surface area contributed by atoms with Gasteiger partial charge in [-0.15, -0.1) is 0 Å². The molecule has 31 heavy (non-hydrogen) atoms. The largest absolute Gasteiger partial charge is 0.489 e. The average Bonchev–Trinajstić information content (AvgIpc) is 3.19. The second-order valence-electron chi connectivity index (χ2n) is 7.79. The zero-order valence-electron chi connectivity index (χ0n) is 17.2. The molecule has 0 aliphatic carbocycles. The fraction of sp³-hybridized carbons (Fsp3) is 0.154. The highest BCUT2D eigenvalue weighted by molar-refractivity contribution is 6.10. The Bertz CT molecular complexity index is 1260. The molecule has 1 unspecified atom stereocenters. The molecule has 1 atom stereocenters. The van der Waals surface area contributed by atoms with Crippen molar-refractivity contribution in [3.05, 3.63) is 102 Å². The van der Waals surface area contributed by atoms with E-state index < -0.39 is 6.04 Å². The molecular formula is C26H22N2O3. The van der Waals surface area contributed by atoms with Gasteiger partial charge in [0.05, 0.1) is 5.52 Å². The van der Waals surface area contributed by atoms with Gasteiger partial charge in [0.1, 0.15) is 24.1 Å². The van der Waals surface area contributed by atoms with Crippen LogP contribution in [0.2, 0.25) is 0 Å². The van der Waals surface area contributed by atoms with Crippen molar-refractivity contribution in [2.45, 2.75) is 26.1 Å². The molecule has 3 aromatic carbocycles. The van der Waals surface area contributed by atoms with E-state index in [-0.39, 0.29) is 11.8 Å². The van der Waals surface area contributed by atoms with Crippen molar-refractivity contribution in [1.29, 1.82) is 0 Å². The van der Waals surface area contributed by atoms with E-state index in [1.54, 1.807) is 22.5 Å². The van der Waals surface area contributed by atoms with Crippen LogP contribution < -0.4 is 4.74 Å². The minimum atomic E-state index is -0.537. The molecule has 0 fully saturated rings. The predicted octanol–water partition coefficient (Wildman–Crippen LogP) is 4.91. The van der Waals surface area contributed by atoms with Crippen molar-refractivity contribution in [2.24, 2.45) is 0 Å². The van der Waals surface area contributed by atoms with Gasteiger partial charge in [-0.05, 0) is 42.3 Å². The van der Waals surface area contributed by atoms with Crippen LogP contribution in [0.4, 0.5) is 0 Å². The topological polar surface area (TPSA) is 51.5 Å². The van der Waals surface area contributed by atoms with Crippen molar-refractivity contribution >= 4 is 22.7 Å². The first-order chi connectivity index (χ1) is 15.1. The van der Waals surface area contributed by atoms with Gasteiger partial charge in [-0.3, -0.25) is 14.2 Å². The van der Waals surface area contributed by atoms with E-state index in [1.807, 2.05) is 78.9 Å². The molecule has 5 rings (SSSR count). The minimum absolute atomic E-state index is 0.0986. The van der Waals surface area contributed by atoms with Crippen molar-refractivity contribution in [2.75, 3.05) is 0 Å². The number of benzene rings is 3. The van der Waals surface area contributed by atoms with Crippen LogP contribution in [0, 0.1) is 0 Å². The fourth-order valence-electron chi connectivity index (χ4n) is 4.05. The number of carbonyl (C=O) groups is 2. The third-order valence-electron chi connectivity index (χ3n) is 5.74. The van der Waals surface area contributed by atoms with Crippen LogP contribution in [-0.4, -0.2) is 27.3 Å². The molecule has 1 aliphatic heterocycles. The molecule has 0 saturated heterocycles. The number of hydrogen-bond acceptors (Lipinski definition) is 3. The lowest BCUT2D eigenvalue weighted by Crippen LogP contribution is -2.50. The molecule has 1 amide bonds. The van der Waals surface area contributed by atoms with Gasteiger partial charge in [-0.25, -0.2) is 0 Å². The monoisotopic (exact) mass is 410 g/mol. The first-order valence-electron chi connectivity index (χ1n) is 10.3. The molecule has 0 radical (unpaired) electrons. The Morgan fingerprint density at radius 1 is 0.839 bits per heavy atom. The van der Waals surface area contributed by atoms with Gasteiger partial charge in [0.15, 0.2) is 0 Å². The van der Waals surface area contributed by atoms with Crippen LogP contribution in [0.15, 0.2) is 84.9 Å². The van der Waals surface area contributed by atoms with Gasteiger partial charge in [0.2, 0.25) is 0 Å². The molecule has 0 bridgehead atoms. The molecule has 0 spiro atoms. The normalized spacial score (nSPS) is 15.9. The second kappa shape index (κ2) is 7.76. The fourth-order valence-corrected chi connectivity index (χ4v) is 4.05. The number of hydrogen-bond donors (Lipinski definition) is 0. The van der Waals surface area contributed by atoms with Crippen molar-refractivity contribution < 1.29 is 14.3 Å². The maximum Gasteiger partial charge on any atom is 0.271 e. The standard InChI is InChI=1S/C26H22N2O3/c1-18-25(29)28-23-13-12-22(31-17-20-10-6-3-7-11-20)14-21(23)15-24(28)26(30)27(18)16-19-8-4-2-5-9-19/h2-15,18H,16-17H2,1H3. The summed E-state index contributed by atoms with van der Waals surface area (Å²) in [5.74, 6) is 0.464. The second-order valence-corrected chi connectivity index (χ2v) is 7.79. The summed E-state index contributed by atoms with van der Waals surface area (Å²) < 4.78 is 7.46. The molecule has 5 heteroatoms. The molecule has 0 N–H and O–H groups in total. The number of nitrogens with zero attached hydrogens (tertiary/aromatic N) is 2. The summed E-state index contributed by atoms with van der Waals surface area (Å²) in [5, 5.41) is 0.816. The molecule has 154 valence electrons. The van der Waals surface area contributed by atoms with Crippen LogP contribution in [0.1, 0.15) is 33.3 Å². The highest BCUT2D eigenvalue weighted by Gasteiger charge is 2.37. The Balaban J connectivity index is 1.45. The molecule has 4 aromatic rings. The SMILES string of the molecule is CC1C(=O)n2c(cc3cc(OCc4ccccc4)ccc32)C(=O)N1Cc1ccccc1. The van der Waals surface area contributed by atoms with E-state index in [4.69, 9.17) is 4.74 Å². The van der Waals surface area contributed by atoms with Gasteiger partial charge in [-0.1, -0.05) is 60.7 Å². The Hall–Kier alpha value is -3.86. The smallest absolute Gasteiger partial charge is 0.271 e. The zero-order chi connectivity index (χ0) is 21.4. The maximum absolute atomic E-state index is 13.3. The van der Waals surface area contributed by atoms with Crippen molar-refractivity contribution in [3.8, 4) is 5.75 Å². The predicted molar refractivity (Wildman–Crippen MR) is 119 cm³/mol. The molecule has 1 aromatic heterocycles. The lowest BCUT2D eigenvalue weighted by atomic mass is 10.1. The highest BCUT2D eigenvalue weighted by atomic mass is 16.5. The van der Waals surface area contributed by atoms with Gasteiger partial charge >= 0.3 is 0 Å². The lowest BCUT2D eigenvalue weighted by Gasteiger charge is -2.33. The van der Waals surface area contributed by atoms with Crippen LogP contribution in [0.3, 0.4) is 0 Å². The van der Waals surface area contributed by atoms with E-state index in [9.17, 15) is 9.59 Å². The van der Waals surface area contributed by atoms with Gasteiger partial charge in [0.25, 0.3) is 11.8 Å². The first kappa shape index (κ1) is 19.1. The molecule has 0 saturated carbocycles. The zero-order valence-corrected chi connectivity index (χ0v) is 17.2. The summed E-state index contributed by atoms with van der Waals surface area (Å²) in [4.78, 5) is 28.1. The summed E-state index contributed by atoms with van der Waals surface area (Å²) >= 11 is 0. The van der Waals surface area contributed by atoms with Crippen LogP contribution in [0.5, 0.6) is 5.75 Å². The quantitative estimate of drug-likeness (QED) is 0.470. The Morgan fingerprint density at radius 2 is 1.52 bits per heavy atom. The minimum Gasteiger partial charge on any atom is -0.489 e. The number of rotatable bonds is 5. The third kappa shape index (κ3) is 3.48. The number of aromatic nitrogens is 1. The van der Waals surface area contributed by atoms with Crippen molar-refractivity contribution in [1.82, 2.24) is 9.47 Å². The molecule has 1 aliphatic rings. The van der Waals surface area contributed by atoms with E-state index in [2.05, 4.69) is 0 Å². The molecular weight excluding hydrogens is 388 g/mol. The van der Waals surface area contributed by atoms with Crippen LogP contribution >= 0.6 is 0 Å². The summed E-state index contributed by atoms with van der Waals surface area (Å²) in [7, 11) is 0. The summed E-state index contributed by atoms with van der Waals surface area (Å²) in [5.41, 5.74) is 3.20. The molecule has 2 heterocycles. The van der Waals surface area contributed by atoms with E-state index in [1.165, 1.54) is 0 Å². The third-order valence-corrected chi connectivity index (χ3v) is 5.74. The number of ether oxygens (including phenoxy) is 1. The summed E-state index contributed by atoms with van der Waals surface area (Å²) in [6, 6.07) is 26.5. The van der Waals surface area contributed by atoms with Gasteiger partial charge in [0, 0.05) is 11.9 Å².